The van der Waals surface area contributed by atoms with Crippen LogP contribution in [0.1, 0.15) is 6.92 Å². The Hall–Kier alpha value is -0.0500. The van der Waals surface area contributed by atoms with E-state index in [4.69, 9.17) is 16.3 Å². The van der Waals surface area contributed by atoms with Gasteiger partial charge in [0, 0.05) is 17.6 Å². The van der Waals surface area contributed by atoms with E-state index < -0.39 is 10.0 Å². The molecule has 0 saturated carbocycles. The molecule has 0 aromatic heterocycles. The number of likely N-dealkylation sites (N-methyl/N-ethyl adjacent to an activating group) is 1. The normalized spacial score (nSPS) is 11.0. The van der Waals surface area contributed by atoms with Gasteiger partial charge in [-0.15, -0.1) is 12.4 Å². The number of ether oxygens (including phenoxy) is 1. The molecule has 1 rings (SSSR count). The minimum atomic E-state index is -3.60. The molecule has 0 atom stereocenters. The van der Waals surface area contributed by atoms with E-state index in [-0.39, 0.29) is 22.3 Å². The second kappa shape index (κ2) is 9.07. The molecule has 116 valence electrons. The Morgan fingerprint density at radius 1 is 1.35 bits per heavy atom. The molecule has 0 aliphatic heterocycles. The molecule has 0 amide bonds. The van der Waals surface area contributed by atoms with Crippen LogP contribution in [0.2, 0.25) is 5.02 Å². The van der Waals surface area contributed by atoms with Crippen LogP contribution in [0.3, 0.4) is 0 Å². The van der Waals surface area contributed by atoms with Gasteiger partial charge in [-0.1, -0.05) is 18.5 Å². The Labute approximate surface area is 139 Å². The van der Waals surface area contributed by atoms with Crippen LogP contribution in [0.4, 0.5) is 0 Å². The number of nitrogens with one attached hydrogen (secondary N) is 2. The molecule has 0 aliphatic rings. The van der Waals surface area contributed by atoms with Gasteiger partial charge in [0.1, 0.15) is 5.75 Å². The van der Waals surface area contributed by atoms with Gasteiger partial charge in [0.2, 0.25) is 10.0 Å². The van der Waals surface area contributed by atoms with Crippen LogP contribution in [0.15, 0.2) is 21.5 Å². The van der Waals surface area contributed by atoms with Crippen LogP contribution in [0.5, 0.6) is 5.75 Å². The van der Waals surface area contributed by atoms with Gasteiger partial charge in [-0.2, -0.15) is 0 Å². The average Bonchev–Trinajstić information content (AvgIpc) is 2.36. The summed E-state index contributed by atoms with van der Waals surface area (Å²) >= 11 is 9.15. The summed E-state index contributed by atoms with van der Waals surface area (Å²) in [5.41, 5.74) is 0. The first-order valence-electron chi connectivity index (χ1n) is 5.65. The van der Waals surface area contributed by atoms with Crippen molar-refractivity contribution in [2.75, 3.05) is 26.7 Å². The average molecular weight is 408 g/mol. The van der Waals surface area contributed by atoms with Gasteiger partial charge in [0.05, 0.1) is 17.0 Å². The van der Waals surface area contributed by atoms with E-state index in [0.29, 0.717) is 23.3 Å². The van der Waals surface area contributed by atoms with Crippen LogP contribution < -0.4 is 14.8 Å². The summed E-state index contributed by atoms with van der Waals surface area (Å²) in [5, 5.41) is 3.28. The summed E-state index contributed by atoms with van der Waals surface area (Å²) in [6.45, 7) is 3.62. The maximum Gasteiger partial charge on any atom is 0.241 e. The molecule has 0 fully saturated rings. The van der Waals surface area contributed by atoms with Crippen LogP contribution >= 0.6 is 39.9 Å². The Morgan fingerprint density at radius 2 is 2.00 bits per heavy atom. The van der Waals surface area contributed by atoms with Gasteiger partial charge >= 0.3 is 0 Å². The zero-order valence-electron chi connectivity index (χ0n) is 11.1. The molecule has 9 heteroatoms. The standard InChI is InChI=1S/C11H16BrClN2O3S.ClH/c1-3-14-4-5-15-19(16,17)11-7-9(13)10(18-2)6-8(11)12;/h6-7,14-15H,3-5H2,1-2H3;1H. The van der Waals surface area contributed by atoms with Crippen molar-refractivity contribution in [3.05, 3.63) is 21.6 Å². The summed E-state index contributed by atoms with van der Waals surface area (Å²) in [6, 6.07) is 2.89. The van der Waals surface area contributed by atoms with Gasteiger partial charge < -0.3 is 10.1 Å². The topological polar surface area (TPSA) is 67.4 Å². The van der Waals surface area contributed by atoms with E-state index in [0.717, 1.165) is 6.54 Å². The summed E-state index contributed by atoms with van der Waals surface area (Å²) < 4.78 is 32.1. The fourth-order valence-electron chi connectivity index (χ4n) is 1.40. The highest BCUT2D eigenvalue weighted by Gasteiger charge is 2.19. The lowest BCUT2D eigenvalue weighted by Crippen LogP contribution is -2.32. The van der Waals surface area contributed by atoms with E-state index in [9.17, 15) is 8.42 Å². The van der Waals surface area contributed by atoms with Crippen molar-refractivity contribution in [3.8, 4) is 5.75 Å². The Morgan fingerprint density at radius 3 is 2.55 bits per heavy atom. The molecule has 0 bridgehead atoms. The Kier molecular flexibility index (Phi) is 9.04. The molecule has 0 saturated heterocycles. The third-order valence-electron chi connectivity index (χ3n) is 2.34. The van der Waals surface area contributed by atoms with Crippen molar-refractivity contribution in [1.82, 2.24) is 10.0 Å². The number of hydrogen-bond acceptors (Lipinski definition) is 4. The predicted octanol–water partition coefficient (Wildman–Crippen LogP) is 2.42. The molecule has 0 spiro atoms. The Balaban J connectivity index is 0.00000361. The van der Waals surface area contributed by atoms with Crippen molar-refractivity contribution in [3.63, 3.8) is 0 Å². The van der Waals surface area contributed by atoms with Gasteiger partial charge in [-0.3, -0.25) is 0 Å². The second-order valence-corrected chi connectivity index (χ2v) is 6.67. The summed E-state index contributed by atoms with van der Waals surface area (Å²) in [7, 11) is -2.13. The van der Waals surface area contributed by atoms with Crippen LogP contribution in [0.25, 0.3) is 0 Å². The Bertz CT molecular complexity index is 541. The molecule has 1 aromatic carbocycles. The molecule has 0 unspecified atom stereocenters. The van der Waals surface area contributed by atoms with Gasteiger partial charge in [-0.25, -0.2) is 13.1 Å². The molecule has 0 aliphatic carbocycles. The number of methoxy groups -OCH3 is 1. The van der Waals surface area contributed by atoms with Gasteiger partial charge in [-0.05, 0) is 34.6 Å². The fourth-order valence-corrected chi connectivity index (χ4v) is 3.78. The monoisotopic (exact) mass is 406 g/mol. The second-order valence-electron chi connectivity index (χ2n) is 3.67. The first-order valence-corrected chi connectivity index (χ1v) is 8.31. The maximum atomic E-state index is 12.1. The van der Waals surface area contributed by atoms with Crippen molar-refractivity contribution in [2.24, 2.45) is 0 Å². The minimum Gasteiger partial charge on any atom is -0.495 e. The first-order chi connectivity index (χ1) is 8.92. The maximum absolute atomic E-state index is 12.1. The van der Waals surface area contributed by atoms with Crippen molar-refractivity contribution in [2.45, 2.75) is 11.8 Å². The number of rotatable bonds is 7. The third kappa shape index (κ3) is 5.38. The number of hydrogen-bond donors (Lipinski definition) is 2. The summed E-state index contributed by atoms with van der Waals surface area (Å²) in [6.07, 6.45) is 0. The molecule has 20 heavy (non-hydrogen) atoms. The van der Waals surface area contributed by atoms with Gasteiger partial charge in [0.15, 0.2) is 0 Å². The lowest BCUT2D eigenvalue weighted by Gasteiger charge is -2.11. The van der Waals surface area contributed by atoms with E-state index in [1.54, 1.807) is 0 Å². The zero-order valence-corrected chi connectivity index (χ0v) is 15.0. The smallest absolute Gasteiger partial charge is 0.241 e. The quantitative estimate of drug-likeness (QED) is 0.681. The molecule has 0 heterocycles. The van der Waals surface area contributed by atoms with Crippen LogP contribution in [0, 0.1) is 0 Å². The molecule has 2 N–H and O–H groups in total. The molecule has 1 aromatic rings. The predicted molar refractivity (Wildman–Crippen MR) is 86.7 cm³/mol. The number of halogens is 3. The lowest BCUT2D eigenvalue weighted by molar-refractivity contribution is 0.414. The minimum absolute atomic E-state index is 0. The number of benzene rings is 1. The highest BCUT2D eigenvalue weighted by atomic mass is 79.9. The van der Waals surface area contributed by atoms with Crippen molar-refractivity contribution < 1.29 is 13.2 Å². The van der Waals surface area contributed by atoms with Crippen LogP contribution in [-0.2, 0) is 10.0 Å². The lowest BCUT2D eigenvalue weighted by atomic mass is 10.3. The van der Waals surface area contributed by atoms with E-state index >= 15 is 0 Å². The summed E-state index contributed by atoms with van der Waals surface area (Å²) in [5.74, 6) is 0.417. The molecular formula is C11H17BrCl2N2O3S. The van der Waals surface area contributed by atoms with Crippen molar-refractivity contribution in [1.29, 1.82) is 0 Å². The zero-order chi connectivity index (χ0) is 14.5. The van der Waals surface area contributed by atoms with E-state index in [1.807, 2.05) is 6.92 Å². The van der Waals surface area contributed by atoms with E-state index in [1.165, 1.54) is 19.2 Å². The van der Waals surface area contributed by atoms with Crippen LogP contribution in [-0.4, -0.2) is 35.2 Å². The van der Waals surface area contributed by atoms with Gasteiger partial charge in [0.25, 0.3) is 0 Å². The highest BCUT2D eigenvalue weighted by Crippen LogP contribution is 2.33. The van der Waals surface area contributed by atoms with Crippen molar-refractivity contribution >= 4 is 50.0 Å². The first kappa shape index (κ1) is 19.9. The van der Waals surface area contributed by atoms with E-state index in [2.05, 4.69) is 26.0 Å². The molecule has 0 radical (unpaired) electrons. The molecule has 5 nitrogen and oxygen atoms in total. The molecular weight excluding hydrogens is 391 g/mol. The largest absolute Gasteiger partial charge is 0.495 e. The number of sulfonamides is 1. The SMILES string of the molecule is CCNCCNS(=O)(=O)c1cc(Cl)c(OC)cc1Br.Cl. The highest BCUT2D eigenvalue weighted by molar-refractivity contribution is 9.10. The third-order valence-corrected chi connectivity index (χ3v) is 5.05. The summed E-state index contributed by atoms with van der Waals surface area (Å²) in [4.78, 5) is 0.0924. The fraction of sp³-hybridized carbons (Fsp3) is 0.455.